The molecule has 1 unspecified atom stereocenters. The van der Waals surface area contributed by atoms with Crippen molar-refractivity contribution < 1.29 is 0 Å². The first-order valence-corrected chi connectivity index (χ1v) is 19.5. The first kappa shape index (κ1) is 38.4. The van der Waals surface area contributed by atoms with E-state index in [1.807, 2.05) is 0 Å². The standard InChI is InChI=1S/C39H78N2/c1-4-7-10-13-16-19-20-21-22-23-24-27-30-33-36-41-38-37-40(35-32-29-26-18-15-12-9-6-3)39(41)34-31-28-25-17-14-11-8-5-2/h37-39H,4-36H2,1-3H3. The summed E-state index contributed by atoms with van der Waals surface area (Å²) in [6, 6.07) is 0. The molecule has 0 fully saturated rings. The Bertz CT molecular complexity index is 530. The first-order chi connectivity index (χ1) is 20.3. The van der Waals surface area contributed by atoms with E-state index in [4.69, 9.17) is 0 Å². The molecule has 0 saturated heterocycles. The summed E-state index contributed by atoms with van der Waals surface area (Å²) in [5.41, 5.74) is 0. The molecular weight excluding hydrogens is 496 g/mol. The Morgan fingerprint density at radius 2 is 0.561 bits per heavy atom. The topological polar surface area (TPSA) is 6.48 Å². The summed E-state index contributed by atoms with van der Waals surface area (Å²) in [4.78, 5) is 5.43. The maximum atomic E-state index is 2.71. The molecule has 1 heterocycles. The van der Waals surface area contributed by atoms with E-state index in [1.54, 1.807) is 0 Å². The third-order valence-corrected chi connectivity index (χ3v) is 9.57. The minimum Gasteiger partial charge on any atom is -0.356 e. The lowest BCUT2D eigenvalue weighted by molar-refractivity contribution is 0.135. The maximum absolute atomic E-state index is 2.71. The van der Waals surface area contributed by atoms with E-state index in [0.29, 0.717) is 6.17 Å². The van der Waals surface area contributed by atoms with E-state index < -0.39 is 0 Å². The Hall–Kier alpha value is -0.660. The summed E-state index contributed by atoms with van der Waals surface area (Å²) in [5, 5.41) is 0. The molecule has 1 aliphatic rings. The van der Waals surface area contributed by atoms with Gasteiger partial charge >= 0.3 is 0 Å². The molecule has 0 spiro atoms. The largest absolute Gasteiger partial charge is 0.356 e. The lowest BCUT2D eigenvalue weighted by Gasteiger charge is -2.33. The molecule has 0 saturated carbocycles. The number of unbranched alkanes of at least 4 members (excludes halogenated alkanes) is 27. The smallest absolute Gasteiger partial charge is 0.101 e. The molecule has 0 aromatic carbocycles. The van der Waals surface area contributed by atoms with Gasteiger partial charge in [-0.25, -0.2) is 0 Å². The summed E-state index contributed by atoms with van der Waals surface area (Å²) < 4.78 is 0. The molecule has 0 bridgehead atoms. The lowest BCUT2D eigenvalue weighted by Crippen LogP contribution is -2.39. The fraction of sp³-hybridized carbons (Fsp3) is 0.949. The zero-order chi connectivity index (χ0) is 29.5. The summed E-state index contributed by atoms with van der Waals surface area (Å²) >= 11 is 0. The van der Waals surface area contributed by atoms with E-state index in [-0.39, 0.29) is 0 Å². The summed E-state index contributed by atoms with van der Waals surface area (Å²) in [6.07, 6.45) is 49.9. The lowest BCUT2D eigenvalue weighted by atomic mass is 10.0. The zero-order valence-corrected chi connectivity index (χ0v) is 29.0. The van der Waals surface area contributed by atoms with Crippen LogP contribution in [0.5, 0.6) is 0 Å². The van der Waals surface area contributed by atoms with Gasteiger partial charge in [-0.05, 0) is 25.7 Å². The van der Waals surface area contributed by atoms with Crippen molar-refractivity contribution in [2.45, 2.75) is 226 Å². The van der Waals surface area contributed by atoms with Gasteiger partial charge in [0.25, 0.3) is 0 Å². The number of hydrogen-bond donors (Lipinski definition) is 0. The Kier molecular flexibility index (Phi) is 28.8. The van der Waals surface area contributed by atoms with Crippen molar-refractivity contribution in [3.05, 3.63) is 12.4 Å². The van der Waals surface area contributed by atoms with E-state index in [2.05, 4.69) is 43.0 Å². The van der Waals surface area contributed by atoms with Crippen LogP contribution in [0.15, 0.2) is 12.4 Å². The highest BCUT2D eigenvalue weighted by Gasteiger charge is 2.24. The second-order valence-electron chi connectivity index (χ2n) is 13.6. The molecular formula is C39H78N2. The second-order valence-corrected chi connectivity index (χ2v) is 13.6. The minimum absolute atomic E-state index is 0.640. The van der Waals surface area contributed by atoms with E-state index >= 15 is 0 Å². The quantitative estimate of drug-likeness (QED) is 0.0719. The molecule has 2 nitrogen and oxygen atoms in total. The molecule has 1 rings (SSSR count). The van der Waals surface area contributed by atoms with Crippen molar-refractivity contribution in [2.75, 3.05) is 13.1 Å². The van der Waals surface area contributed by atoms with Gasteiger partial charge in [-0.2, -0.15) is 0 Å². The van der Waals surface area contributed by atoms with Crippen molar-refractivity contribution in [1.29, 1.82) is 0 Å². The van der Waals surface area contributed by atoms with Crippen LogP contribution in [0.3, 0.4) is 0 Å². The van der Waals surface area contributed by atoms with Crippen LogP contribution in [-0.2, 0) is 0 Å². The highest BCUT2D eigenvalue weighted by molar-refractivity contribution is 4.97. The van der Waals surface area contributed by atoms with Crippen LogP contribution in [0.4, 0.5) is 0 Å². The van der Waals surface area contributed by atoms with Gasteiger partial charge < -0.3 is 9.80 Å². The van der Waals surface area contributed by atoms with Crippen LogP contribution in [0.2, 0.25) is 0 Å². The van der Waals surface area contributed by atoms with Gasteiger partial charge in [0.05, 0.1) is 0 Å². The fourth-order valence-corrected chi connectivity index (χ4v) is 6.72. The minimum atomic E-state index is 0.640. The number of hydrogen-bond acceptors (Lipinski definition) is 2. The van der Waals surface area contributed by atoms with Gasteiger partial charge in [-0.15, -0.1) is 0 Å². The maximum Gasteiger partial charge on any atom is 0.101 e. The van der Waals surface area contributed by atoms with Gasteiger partial charge in [0.1, 0.15) is 6.17 Å². The van der Waals surface area contributed by atoms with Crippen molar-refractivity contribution in [2.24, 2.45) is 0 Å². The van der Waals surface area contributed by atoms with E-state index in [0.717, 1.165) is 0 Å². The van der Waals surface area contributed by atoms with Crippen molar-refractivity contribution in [3.63, 3.8) is 0 Å². The van der Waals surface area contributed by atoms with Crippen LogP contribution in [0.1, 0.15) is 220 Å². The van der Waals surface area contributed by atoms with Crippen LogP contribution in [-0.4, -0.2) is 29.1 Å². The van der Waals surface area contributed by atoms with Crippen molar-refractivity contribution >= 4 is 0 Å². The molecule has 2 heteroatoms. The van der Waals surface area contributed by atoms with Gasteiger partial charge in [-0.1, -0.05) is 194 Å². The zero-order valence-electron chi connectivity index (χ0n) is 29.0. The predicted molar refractivity (Wildman–Crippen MR) is 186 cm³/mol. The molecule has 41 heavy (non-hydrogen) atoms. The van der Waals surface area contributed by atoms with E-state index in [9.17, 15) is 0 Å². The Balaban J connectivity index is 2.19. The van der Waals surface area contributed by atoms with Crippen LogP contribution in [0.25, 0.3) is 0 Å². The molecule has 0 radical (unpaired) electrons. The molecule has 1 aliphatic heterocycles. The highest BCUT2D eigenvalue weighted by Crippen LogP contribution is 2.24. The molecule has 0 N–H and O–H groups in total. The fourth-order valence-electron chi connectivity index (χ4n) is 6.72. The average molecular weight is 575 g/mol. The first-order valence-electron chi connectivity index (χ1n) is 19.5. The summed E-state index contributed by atoms with van der Waals surface area (Å²) in [7, 11) is 0. The van der Waals surface area contributed by atoms with Crippen LogP contribution < -0.4 is 0 Å². The monoisotopic (exact) mass is 575 g/mol. The molecule has 0 aromatic heterocycles. The van der Waals surface area contributed by atoms with Gasteiger partial charge in [0.15, 0.2) is 0 Å². The predicted octanol–water partition coefficient (Wildman–Crippen LogP) is 13.6. The third-order valence-electron chi connectivity index (χ3n) is 9.57. The molecule has 244 valence electrons. The average Bonchev–Trinajstić information content (AvgIpc) is 3.37. The normalized spacial score (nSPS) is 15.0. The SMILES string of the molecule is CCCCCCCCCCCCCCCCN1C=CN(CCCCCCCCCC)C1CCCCCCCCCC. The number of nitrogens with zero attached hydrogens (tertiary/aromatic N) is 2. The van der Waals surface area contributed by atoms with Crippen molar-refractivity contribution in [3.8, 4) is 0 Å². The molecule has 0 aliphatic carbocycles. The van der Waals surface area contributed by atoms with Crippen molar-refractivity contribution in [1.82, 2.24) is 9.80 Å². The van der Waals surface area contributed by atoms with E-state index in [1.165, 1.54) is 212 Å². The molecule has 1 atom stereocenters. The van der Waals surface area contributed by atoms with Gasteiger partial charge in [0.2, 0.25) is 0 Å². The molecule has 0 aromatic rings. The molecule has 0 amide bonds. The van der Waals surface area contributed by atoms with Gasteiger partial charge in [-0.3, -0.25) is 0 Å². The second kappa shape index (κ2) is 30.8. The third kappa shape index (κ3) is 23.5. The highest BCUT2D eigenvalue weighted by atomic mass is 15.4. The van der Waals surface area contributed by atoms with Crippen LogP contribution in [0, 0.1) is 0 Å². The van der Waals surface area contributed by atoms with Crippen LogP contribution >= 0.6 is 0 Å². The Morgan fingerprint density at radius 3 is 0.854 bits per heavy atom. The summed E-state index contributed by atoms with van der Waals surface area (Å²) in [5.74, 6) is 0. The summed E-state index contributed by atoms with van der Waals surface area (Å²) in [6.45, 7) is 9.48. The number of rotatable bonds is 33. The van der Waals surface area contributed by atoms with Gasteiger partial charge in [0, 0.05) is 25.5 Å². The Labute approximate surface area is 260 Å². The Morgan fingerprint density at radius 1 is 0.317 bits per heavy atom.